The first-order valence-corrected chi connectivity index (χ1v) is 24.9. The van der Waals surface area contributed by atoms with E-state index in [0.717, 1.165) is 58.0 Å². The molecule has 0 saturated carbocycles. The summed E-state index contributed by atoms with van der Waals surface area (Å²) in [6, 6.07) is 0. The predicted molar refractivity (Wildman–Crippen MR) is 248 cm³/mol. The van der Waals surface area contributed by atoms with Gasteiger partial charge in [0.05, 0.1) is 0 Å². The summed E-state index contributed by atoms with van der Waals surface area (Å²) in [5, 5.41) is 6.84. The van der Waals surface area contributed by atoms with Gasteiger partial charge in [-0.25, -0.2) is 0 Å². The van der Waals surface area contributed by atoms with Gasteiger partial charge in [-0.2, -0.15) is 0 Å². The van der Waals surface area contributed by atoms with Crippen LogP contribution in [-0.2, 0) is 9.59 Å². The Morgan fingerprint density at radius 2 is 0.732 bits per heavy atom. The zero-order valence-electron chi connectivity index (χ0n) is 37.8. The first kappa shape index (κ1) is 54.7. The molecule has 0 aromatic rings. The SMILES string of the molecule is CCCCCCCCCCCCCCCCC/C=C/C(=O)C(CCN)(NCCCCNCCCN)C(=O)/C=C/CCCCCCCCCCCCCCCCC. The van der Waals surface area contributed by atoms with Crippen LogP contribution in [0.1, 0.15) is 245 Å². The van der Waals surface area contributed by atoms with E-state index in [9.17, 15) is 9.59 Å². The quantitative estimate of drug-likeness (QED) is 0.0278. The molecular weight excluding hydrogens is 689 g/mol. The molecule has 0 bridgehead atoms. The van der Waals surface area contributed by atoms with Crippen LogP contribution in [0.5, 0.6) is 0 Å². The zero-order chi connectivity index (χ0) is 40.9. The monoisotopic (exact) mass is 787 g/mol. The molecule has 0 aliphatic heterocycles. The van der Waals surface area contributed by atoms with Gasteiger partial charge >= 0.3 is 0 Å². The number of allylic oxidation sites excluding steroid dienone is 2. The molecule has 6 N–H and O–H groups in total. The van der Waals surface area contributed by atoms with Crippen molar-refractivity contribution in [1.29, 1.82) is 0 Å². The van der Waals surface area contributed by atoms with Gasteiger partial charge in [-0.3, -0.25) is 14.9 Å². The minimum atomic E-state index is -1.28. The summed E-state index contributed by atoms with van der Waals surface area (Å²) in [6.45, 7) is 7.98. The molecule has 0 atom stereocenters. The maximum Gasteiger partial charge on any atom is 0.183 e. The van der Waals surface area contributed by atoms with Crippen molar-refractivity contribution in [1.82, 2.24) is 10.6 Å². The fourth-order valence-corrected chi connectivity index (χ4v) is 7.81. The minimum absolute atomic E-state index is 0.147. The normalized spacial score (nSPS) is 12.1. The molecule has 0 radical (unpaired) electrons. The molecule has 0 amide bonds. The molecule has 0 unspecified atom stereocenters. The summed E-state index contributed by atoms with van der Waals surface area (Å²) in [5.41, 5.74) is 10.4. The number of hydrogen-bond donors (Lipinski definition) is 4. The van der Waals surface area contributed by atoms with E-state index in [0.29, 0.717) is 19.5 Å². The van der Waals surface area contributed by atoms with Gasteiger partial charge in [-0.1, -0.05) is 206 Å². The van der Waals surface area contributed by atoms with Crippen LogP contribution in [0.15, 0.2) is 24.3 Å². The number of nitrogens with two attached hydrogens (primary N) is 2. The fourth-order valence-electron chi connectivity index (χ4n) is 7.81. The summed E-state index contributed by atoms with van der Waals surface area (Å²) in [6.07, 6.45) is 52.6. The first-order valence-electron chi connectivity index (χ1n) is 24.9. The van der Waals surface area contributed by atoms with Crippen molar-refractivity contribution in [3.8, 4) is 0 Å². The number of carbonyl (C=O) groups is 2. The Balaban J connectivity index is 4.58. The average molecular weight is 787 g/mol. The van der Waals surface area contributed by atoms with Gasteiger partial charge in [0.15, 0.2) is 11.6 Å². The smallest absolute Gasteiger partial charge is 0.183 e. The maximum atomic E-state index is 13.8. The molecular formula is C50H98N4O2. The van der Waals surface area contributed by atoms with E-state index >= 15 is 0 Å². The predicted octanol–water partition coefficient (Wildman–Crippen LogP) is 13.2. The molecule has 6 nitrogen and oxygen atoms in total. The van der Waals surface area contributed by atoms with E-state index in [1.807, 2.05) is 12.2 Å². The van der Waals surface area contributed by atoms with E-state index in [1.165, 1.54) is 180 Å². The van der Waals surface area contributed by atoms with E-state index in [4.69, 9.17) is 11.5 Å². The van der Waals surface area contributed by atoms with Gasteiger partial charge < -0.3 is 16.8 Å². The van der Waals surface area contributed by atoms with Crippen molar-refractivity contribution in [2.24, 2.45) is 11.5 Å². The Morgan fingerprint density at radius 3 is 1.07 bits per heavy atom. The lowest BCUT2D eigenvalue weighted by atomic mass is 9.84. The van der Waals surface area contributed by atoms with Gasteiger partial charge in [0, 0.05) is 0 Å². The maximum absolute atomic E-state index is 13.8. The second-order valence-electron chi connectivity index (χ2n) is 17.0. The standard InChI is InChI=1S/C50H98N4O2/c1-3-5-7-9-11-13-15-17-19-21-23-25-27-29-31-33-35-40-48(55)50(42-44-52,54-47-38-37-45-53-46-39-43-51)49(56)41-36-34-32-30-28-26-24-22-20-18-16-14-12-10-8-6-4-2/h35-36,40-41,53-54H,3-34,37-39,42-47,51-52H2,1-2H3/b40-35+,41-36+. The number of nitrogens with one attached hydrogen (secondary N) is 2. The summed E-state index contributed by atoms with van der Waals surface area (Å²) in [4.78, 5) is 27.6. The summed E-state index contributed by atoms with van der Waals surface area (Å²) >= 11 is 0. The highest BCUT2D eigenvalue weighted by atomic mass is 16.2. The number of ketones is 2. The fraction of sp³-hybridized carbons (Fsp3) is 0.880. The van der Waals surface area contributed by atoms with Crippen LogP contribution < -0.4 is 22.1 Å². The Labute approximate surface area is 349 Å². The van der Waals surface area contributed by atoms with Crippen molar-refractivity contribution < 1.29 is 9.59 Å². The lowest BCUT2D eigenvalue weighted by Crippen LogP contribution is -2.58. The molecule has 0 aliphatic carbocycles. The van der Waals surface area contributed by atoms with Crippen molar-refractivity contribution >= 4 is 11.6 Å². The van der Waals surface area contributed by atoms with Gasteiger partial charge in [0.25, 0.3) is 0 Å². The molecule has 56 heavy (non-hydrogen) atoms. The first-order chi connectivity index (χ1) is 27.6. The Morgan fingerprint density at radius 1 is 0.411 bits per heavy atom. The van der Waals surface area contributed by atoms with Crippen LogP contribution in [0.25, 0.3) is 0 Å². The number of unbranched alkanes of at least 4 members (excludes halogenated alkanes) is 31. The van der Waals surface area contributed by atoms with Crippen molar-refractivity contribution in [3.63, 3.8) is 0 Å². The summed E-state index contributed by atoms with van der Waals surface area (Å²) in [5.74, 6) is -0.293. The van der Waals surface area contributed by atoms with Gasteiger partial charge in [0.2, 0.25) is 0 Å². The Kier molecular flexibility index (Phi) is 43.7. The molecule has 0 spiro atoms. The second-order valence-corrected chi connectivity index (χ2v) is 17.0. The highest BCUT2D eigenvalue weighted by molar-refractivity contribution is 6.19. The molecule has 0 aromatic heterocycles. The average Bonchev–Trinajstić information content (AvgIpc) is 3.20. The third-order valence-electron chi connectivity index (χ3n) is 11.6. The zero-order valence-corrected chi connectivity index (χ0v) is 37.8. The molecule has 0 aromatic carbocycles. The molecule has 330 valence electrons. The number of rotatable bonds is 47. The van der Waals surface area contributed by atoms with Gasteiger partial charge in [-0.15, -0.1) is 0 Å². The summed E-state index contributed by atoms with van der Waals surface area (Å²) in [7, 11) is 0. The lowest BCUT2D eigenvalue weighted by Gasteiger charge is -2.30. The topological polar surface area (TPSA) is 110 Å². The van der Waals surface area contributed by atoms with Crippen LogP contribution in [0, 0.1) is 0 Å². The van der Waals surface area contributed by atoms with Crippen LogP contribution in [0.3, 0.4) is 0 Å². The second kappa shape index (κ2) is 44.8. The number of hydrogen-bond acceptors (Lipinski definition) is 6. The molecule has 0 saturated heterocycles. The van der Waals surface area contributed by atoms with Crippen molar-refractivity contribution in [2.45, 2.75) is 251 Å². The highest BCUT2D eigenvalue weighted by Gasteiger charge is 2.41. The van der Waals surface area contributed by atoms with Crippen molar-refractivity contribution in [3.05, 3.63) is 24.3 Å². The third kappa shape index (κ3) is 34.7. The molecule has 0 rings (SSSR count). The van der Waals surface area contributed by atoms with E-state index in [2.05, 4.69) is 24.5 Å². The van der Waals surface area contributed by atoms with Crippen LogP contribution >= 0.6 is 0 Å². The summed E-state index contributed by atoms with van der Waals surface area (Å²) < 4.78 is 0. The van der Waals surface area contributed by atoms with E-state index < -0.39 is 5.54 Å². The van der Waals surface area contributed by atoms with Crippen LogP contribution in [0.2, 0.25) is 0 Å². The van der Waals surface area contributed by atoms with Crippen molar-refractivity contribution in [2.75, 3.05) is 32.7 Å². The molecule has 0 fully saturated rings. The van der Waals surface area contributed by atoms with E-state index in [-0.39, 0.29) is 18.1 Å². The molecule has 6 heteroatoms. The Hall–Kier alpha value is -1.34. The lowest BCUT2D eigenvalue weighted by molar-refractivity contribution is -0.131. The third-order valence-corrected chi connectivity index (χ3v) is 11.6. The largest absolute Gasteiger partial charge is 0.330 e. The van der Waals surface area contributed by atoms with E-state index in [1.54, 1.807) is 12.2 Å². The number of carbonyl (C=O) groups excluding carboxylic acids is 2. The molecule has 0 heterocycles. The van der Waals surface area contributed by atoms with Gasteiger partial charge in [-0.05, 0) is 96.2 Å². The minimum Gasteiger partial charge on any atom is -0.330 e. The highest BCUT2D eigenvalue weighted by Crippen LogP contribution is 2.19. The van der Waals surface area contributed by atoms with Crippen LogP contribution in [-0.4, -0.2) is 49.8 Å². The van der Waals surface area contributed by atoms with Crippen LogP contribution in [0.4, 0.5) is 0 Å². The Bertz CT molecular complexity index is 832. The van der Waals surface area contributed by atoms with Gasteiger partial charge in [0.1, 0.15) is 5.54 Å². The molecule has 0 aliphatic rings.